The molecule has 9 heteroatoms. The van der Waals surface area contributed by atoms with Gasteiger partial charge in [-0.3, -0.25) is 18.5 Å². The van der Waals surface area contributed by atoms with Crippen LogP contribution in [0.4, 0.5) is 0 Å². The number of rotatable bonds is 6. The van der Waals surface area contributed by atoms with Crippen molar-refractivity contribution < 1.29 is 4.74 Å². The minimum absolute atomic E-state index is 0.131. The van der Waals surface area contributed by atoms with Crippen LogP contribution in [0.25, 0.3) is 11.2 Å². The van der Waals surface area contributed by atoms with E-state index in [0.29, 0.717) is 23.8 Å². The van der Waals surface area contributed by atoms with E-state index in [2.05, 4.69) is 15.6 Å². The van der Waals surface area contributed by atoms with E-state index < -0.39 is 5.69 Å². The van der Waals surface area contributed by atoms with Crippen LogP contribution in [0.5, 0.6) is 6.01 Å². The summed E-state index contributed by atoms with van der Waals surface area (Å²) in [6.45, 7) is 0.428. The molecule has 0 aliphatic heterocycles. The Balaban J connectivity index is 2.36. The van der Waals surface area contributed by atoms with Crippen LogP contribution in [0.15, 0.2) is 9.59 Å². The molecule has 0 radical (unpaired) electrons. The highest BCUT2D eigenvalue weighted by Crippen LogP contribution is 2.15. The smallest absolute Gasteiger partial charge is 0.332 e. The summed E-state index contributed by atoms with van der Waals surface area (Å²) in [5.74, 6) is 0. The lowest BCUT2D eigenvalue weighted by atomic mass is 10.3. The monoisotopic (exact) mass is 310 g/mol. The molecule has 2 aromatic heterocycles. The SMILES string of the molecule is CNC(CCOc1nc2c(c(=O)n(C)c(=O)n2C)n1C)NC. The molecule has 9 nitrogen and oxygen atoms in total. The van der Waals surface area contributed by atoms with Crippen molar-refractivity contribution in [3.63, 3.8) is 0 Å². The first-order chi connectivity index (χ1) is 10.4. The summed E-state index contributed by atoms with van der Waals surface area (Å²) in [5.41, 5.74) is -0.123. The average molecular weight is 310 g/mol. The Morgan fingerprint density at radius 2 is 1.73 bits per heavy atom. The molecule has 2 rings (SSSR count). The third-order valence-corrected chi connectivity index (χ3v) is 3.77. The minimum Gasteiger partial charge on any atom is -0.464 e. The van der Waals surface area contributed by atoms with Crippen molar-refractivity contribution >= 4 is 11.2 Å². The maximum atomic E-state index is 12.2. The van der Waals surface area contributed by atoms with E-state index in [4.69, 9.17) is 4.74 Å². The van der Waals surface area contributed by atoms with Gasteiger partial charge < -0.3 is 15.4 Å². The van der Waals surface area contributed by atoms with Crippen LogP contribution in [0.2, 0.25) is 0 Å². The molecule has 0 bridgehead atoms. The van der Waals surface area contributed by atoms with Gasteiger partial charge in [-0.1, -0.05) is 0 Å². The molecule has 0 saturated heterocycles. The van der Waals surface area contributed by atoms with Gasteiger partial charge in [0.15, 0.2) is 11.2 Å². The standard InChI is InChI=1S/C13H22N6O3/c1-14-8(15-2)6-7-22-12-16-10-9(17(12)3)11(20)19(5)13(21)18(10)4/h8,14-15H,6-7H2,1-5H3. The lowest BCUT2D eigenvalue weighted by molar-refractivity contribution is 0.255. The fraction of sp³-hybridized carbons (Fsp3) is 0.615. The van der Waals surface area contributed by atoms with Crippen LogP contribution in [-0.2, 0) is 21.1 Å². The fourth-order valence-corrected chi connectivity index (χ4v) is 2.33. The van der Waals surface area contributed by atoms with Gasteiger partial charge in [0.1, 0.15) is 0 Å². The van der Waals surface area contributed by atoms with Crippen LogP contribution in [0.1, 0.15) is 6.42 Å². The Bertz CT molecular complexity index is 784. The number of hydrogen-bond acceptors (Lipinski definition) is 6. The highest BCUT2D eigenvalue weighted by atomic mass is 16.5. The molecule has 2 heterocycles. The van der Waals surface area contributed by atoms with Crippen molar-refractivity contribution in [1.82, 2.24) is 29.3 Å². The quantitative estimate of drug-likeness (QED) is 0.631. The predicted molar refractivity (Wildman–Crippen MR) is 83.2 cm³/mol. The number of aromatic nitrogens is 4. The van der Waals surface area contributed by atoms with Crippen molar-refractivity contribution in [3.05, 3.63) is 20.8 Å². The van der Waals surface area contributed by atoms with Gasteiger partial charge in [0.2, 0.25) is 0 Å². The Labute approximate surface area is 127 Å². The second-order valence-corrected chi connectivity index (χ2v) is 5.10. The summed E-state index contributed by atoms with van der Waals surface area (Å²) in [4.78, 5) is 28.4. The molecule has 2 aromatic rings. The average Bonchev–Trinajstić information content (AvgIpc) is 2.84. The summed E-state index contributed by atoms with van der Waals surface area (Å²) in [6.07, 6.45) is 0.861. The normalized spacial score (nSPS) is 11.5. The summed E-state index contributed by atoms with van der Waals surface area (Å²) in [7, 11) is 8.44. The molecule has 0 unspecified atom stereocenters. The summed E-state index contributed by atoms with van der Waals surface area (Å²) in [5, 5.41) is 6.19. The van der Waals surface area contributed by atoms with E-state index >= 15 is 0 Å². The number of aryl methyl sites for hydroxylation is 2. The second kappa shape index (κ2) is 6.32. The van der Waals surface area contributed by atoms with Gasteiger partial charge in [-0.2, -0.15) is 4.98 Å². The van der Waals surface area contributed by atoms with Crippen LogP contribution >= 0.6 is 0 Å². The fourth-order valence-electron chi connectivity index (χ4n) is 2.33. The molecular formula is C13H22N6O3. The van der Waals surface area contributed by atoms with Crippen molar-refractivity contribution in [3.8, 4) is 6.01 Å². The van der Waals surface area contributed by atoms with Crippen molar-refractivity contribution in [2.75, 3.05) is 20.7 Å². The first kappa shape index (κ1) is 16.2. The van der Waals surface area contributed by atoms with Crippen LogP contribution in [0.3, 0.4) is 0 Å². The van der Waals surface area contributed by atoms with Gasteiger partial charge in [0.05, 0.1) is 12.8 Å². The second-order valence-electron chi connectivity index (χ2n) is 5.10. The first-order valence-corrected chi connectivity index (χ1v) is 7.02. The van der Waals surface area contributed by atoms with Gasteiger partial charge in [-0.25, -0.2) is 4.79 Å². The molecule has 0 aliphatic rings. The van der Waals surface area contributed by atoms with E-state index in [9.17, 15) is 9.59 Å². The van der Waals surface area contributed by atoms with Crippen LogP contribution in [-0.4, -0.2) is 45.6 Å². The van der Waals surface area contributed by atoms with Crippen molar-refractivity contribution in [1.29, 1.82) is 0 Å². The van der Waals surface area contributed by atoms with Gasteiger partial charge in [-0.15, -0.1) is 0 Å². The highest BCUT2D eigenvalue weighted by Gasteiger charge is 2.17. The Kier molecular flexibility index (Phi) is 4.67. The number of hydrogen-bond donors (Lipinski definition) is 2. The largest absolute Gasteiger partial charge is 0.464 e. The highest BCUT2D eigenvalue weighted by molar-refractivity contribution is 5.71. The molecule has 2 N–H and O–H groups in total. The van der Waals surface area contributed by atoms with Gasteiger partial charge in [0, 0.05) is 27.6 Å². The zero-order valence-electron chi connectivity index (χ0n) is 13.5. The van der Waals surface area contributed by atoms with Crippen molar-refractivity contribution in [2.45, 2.75) is 12.6 Å². The van der Waals surface area contributed by atoms with Gasteiger partial charge >= 0.3 is 5.69 Å². The molecule has 0 saturated carbocycles. The molecule has 0 spiro atoms. The molecule has 122 valence electrons. The number of ether oxygens (including phenoxy) is 1. The molecule has 0 amide bonds. The maximum Gasteiger partial charge on any atom is 0.332 e. The lowest BCUT2D eigenvalue weighted by Crippen LogP contribution is -2.38. The van der Waals surface area contributed by atoms with E-state index in [1.54, 1.807) is 18.7 Å². The molecular weight excluding hydrogens is 288 g/mol. The summed E-state index contributed by atoms with van der Waals surface area (Å²) < 4.78 is 9.63. The molecule has 0 aromatic carbocycles. The van der Waals surface area contributed by atoms with Crippen LogP contribution in [0, 0.1) is 0 Å². The molecule has 0 fully saturated rings. The maximum absolute atomic E-state index is 12.2. The first-order valence-electron chi connectivity index (χ1n) is 7.02. The van der Waals surface area contributed by atoms with Gasteiger partial charge in [-0.05, 0) is 14.1 Å². The van der Waals surface area contributed by atoms with E-state index in [-0.39, 0.29) is 11.7 Å². The Morgan fingerprint density at radius 1 is 1.09 bits per heavy atom. The predicted octanol–water partition coefficient (Wildman–Crippen LogP) is -1.50. The third-order valence-electron chi connectivity index (χ3n) is 3.77. The number of nitrogens with zero attached hydrogens (tertiary/aromatic N) is 4. The summed E-state index contributed by atoms with van der Waals surface area (Å²) >= 11 is 0. The molecule has 22 heavy (non-hydrogen) atoms. The minimum atomic E-state index is -0.410. The number of fused-ring (bicyclic) bond motifs is 1. The lowest BCUT2D eigenvalue weighted by Gasteiger charge is -2.14. The Morgan fingerprint density at radius 3 is 2.32 bits per heavy atom. The Hall–Kier alpha value is -2.13. The van der Waals surface area contributed by atoms with Crippen LogP contribution < -0.4 is 26.6 Å². The van der Waals surface area contributed by atoms with Crippen molar-refractivity contribution in [2.24, 2.45) is 21.1 Å². The van der Waals surface area contributed by atoms with E-state index in [1.165, 1.54) is 11.6 Å². The summed E-state index contributed by atoms with van der Waals surface area (Å²) in [6, 6.07) is 0.319. The zero-order valence-corrected chi connectivity index (χ0v) is 13.5. The third kappa shape index (κ3) is 2.64. The topological polar surface area (TPSA) is 95.1 Å². The van der Waals surface area contributed by atoms with E-state index in [0.717, 1.165) is 11.0 Å². The van der Waals surface area contributed by atoms with E-state index in [1.807, 2.05) is 14.1 Å². The molecule has 0 atom stereocenters. The number of nitrogens with one attached hydrogen (secondary N) is 2. The molecule has 0 aliphatic carbocycles. The van der Waals surface area contributed by atoms with Gasteiger partial charge in [0.25, 0.3) is 11.6 Å². The number of imidazole rings is 1. The zero-order chi connectivity index (χ0) is 16.4.